The van der Waals surface area contributed by atoms with E-state index in [1.807, 2.05) is 26.0 Å². The molecule has 1 aromatic rings. The van der Waals surface area contributed by atoms with Crippen molar-refractivity contribution in [3.63, 3.8) is 0 Å². The number of methoxy groups -OCH3 is 1. The Morgan fingerprint density at radius 1 is 1.25 bits per heavy atom. The van der Waals surface area contributed by atoms with Crippen LogP contribution in [-0.4, -0.2) is 26.3 Å². The molecule has 4 heteroatoms. The lowest BCUT2D eigenvalue weighted by Gasteiger charge is -2.11. The molecule has 0 spiro atoms. The van der Waals surface area contributed by atoms with Gasteiger partial charge in [0, 0.05) is 0 Å². The van der Waals surface area contributed by atoms with Gasteiger partial charge in [0.25, 0.3) is 0 Å². The van der Waals surface area contributed by atoms with Crippen molar-refractivity contribution in [3.8, 4) is 11.5 Å². The molecule has 0 aliphatic rings. The van der Waals surface area contributed by atoms with Crippen LogP contribution in [0.4, 0.5) is 0 Å². The van der Waals surface area contributed by atoms with Crippen molar-refractivity contribution in [2.75, 3.05) is 20.3 Å². The first-order chi connectivity index (χ1) is 7.67. The molecule has 1 aromatic carbocycles. The zero-order valence-corrected chi connectivity index (χ0v) is 9.78. The van der Waals surface area contributed by atoms with Crippen LogP contribution in [0.15, 0.2) is 18.2 Å². The van der Waals surface area contributed by atoms with Gasteiger partial charge in [-0.15, -0.1) is 0 Å². The molecule has 16 heavy (non-hydrogen) atoms. The quantitative estimate of drug-likeness (QED) is 0.717. The minimum atomic E-state index is -0.414. The van der Waals surface area contributed by atoms with Gasteiger partial charge < -0.3 is 14.2 Å². The van der Waals surface area contributed by atoms with Gasteiger partial charge in [-0.05, 0) is 31.5 Å². The van der Waals surface area contributed by atoms with Crippen LogP contribution in [0.5, 0.6) is 11.5 Å². The molecule has 1 rings (SSSR count). The second kappa shape index (κ2) is 6.00. The van der Waals surface area contributed by atoms with Crippen LogP contribution >= 0.6 is 0 Å². The zero-order valence-electron chi connectivity index (χ0n) is 9.78. The van der Waals surface area contributed by atoms with Crippen molar-refractivity contribution >= 4 is 5.97 Å². The lowest BCUT2D eigenvalue weighted by atomic mass is 10.2. The Kier molecular flexibility index (Phi) is 4.64. The molecule has 88 valence electrons. The predicted molar refractivity (Wildman–Crippen MR) is 59.9 cm³/mol. The number of hydrogen-bond acceptors (Lipinski definition) is 4. The van der Waals surface area contributed by atoms with Gasteiger partial charge in [0.1, 0.15) is 0 Å². The summed E-state index contributed by atoms with van der Waals surface area (Å²) in [6.07, 6.45) is 0. The summed E-state index contributed by atoms with van der Waals surface area (Å²) in [5.41, 5.74) is 1.08. The number of hydrogen-bond donors (Lipinski definition) is 0. The number of ether oxygens (including phenoxy) is 3. The predicted octanol–water partition coefficient (Wildman–Crippen LogP) is 1.95. The van der Waals surface area contributed by atoms with E-state index in [4.69, 9.17) is 9.47 Å². The van der Waals surface area contributed by atoms with Crippen LogP contribution in [0.3, 0.4) is 0 Å². The Morgan fingerprint density at radius 3 is 2.62 bits per heavy atom. The lowest BCUT2D eigenvalue weighted by Crippen LogP contribution is -2.13. The number of carbonyl (C=O) groups is 1. The molecule has 0 atom stereocenters. The maximum Gasteiger partial charge on any atom is 0.343 e. The van der Waals surface area contributed by atoms with E-state index < -0.39 is 5.97 Å². The van der Waals surface area contributed by atoms with Crippen LogP contribution in [0.2, 0.25) is 0 Å². The van der Waals surface area contributed by atoms with Crippen molar-refractivity contribution in [2.45, 2.75) is 13.8 Å². The average molecular weight is 224 g/mol. The van der Waals surface area contributed by atoms with Gasteiger partial charge in [-0.3, -0.25) is 0 Å². The molecule has 0 heterocycles. The summed E-state index contributed by atoms with van der Waals surface area (Å²) in [5.74, 6) is 0.785. The highest BCUT2D eigenvalue weighted by molar-refractivity contribution is 5.71. The van der Waals surface area contributed by atoms with Gasteiger partial charge in [-0.2, -0.15) is 0 Å². The first kappa shape index (κ1) is 12.4. The maximum atomic E-state index is 10.9. The zero-order chi connectivity index (χ0) is 12.0. The Hall–Kier alpha value is -1.71. The molecule has 0 amide bonds. The van der Waals surface area contributed by atoms with Gasteiger partial charge in [0.2, 0.25) is 0 Å². The summed E-state index contributed by atoms with van der Waals surface area (Å²) in [7, 11) is 1.32. The van der Waals surface area contributed by atoms with E-state index >= 15 is 0 Å². The first-order valence-corrected chi connectivity index (χ1v) is 5.10. The van der Waals surface area contributed by atoms with E-state index in [9.17, 15) is 4.79 Å². The maximum absolute atomic E-state index is 10.9. The highest BCUT2D eigenvalue weighted by Gasteiger charge is 2.07. The van der Waals surface area contributed by atoms with Crippen LogP contribution < -0.4 is 9.47 Å². The number of carbonyl (C=O) groups excluding carboxylic acids is 1. The number of aryl methyl sites for hydroxylation is 1. The molecule has 0 radical (unpaired) electrons. The third-order valence-electron chi connectivity index (χ3n) is 1.97. The highest BCUT2D eigenvalue weighted by Crippen LogP contribution is 2.28. The number of esters is 1. The minimum Gasteiger partial charge on any atom is -0.490 e. The van der Waals surface area contributed by atoms with Gasteiger partial charge >= 0.3 is 5.97 Å². The average Bonchev–Trinajstić information content (AvgIpc) is 2.28. The Balaban J connectivity index is 2.73. The number of benzene rings is 1. The summed E-state index contributed by atoms with van der Waals surface area (Å²) in [6.45, 7) is 4.30. The van der Waals surface area contributed by atoms with Crippen LogP contribution in [0, 0.1) is 6.92 Å². The molecule has 0 saturated carbocycles. The van der Waals surface area contributed by atoms with Gasteiger partial charge in [-0.1, -0.05) is 6.07 Å². The summed E-state index contributed by atoms with van der Waals surface area (Å²) >= 11 is 0. The molecule has 0 aliphatic heterocycles. The third-order valence-corrected chi connectivity index (χ3v) is 1.97. The Morgan fingerprint density at radius 2 is 2.00 bits per heavy atom. The summed E-state index contributed by atoms with van der Waals surface area (Å²) in [6, 6.07) is 5.55. The van der Waals surface area contributed by atoms with Crippen molar-refractivity contribution < 1.29 is 19.0 Å². The summed E-state index contributed by atoms with van der Waals surface area (Å²) in [5, 5.41) is 0. The Bertz CT molecular complexity index is 360. The van der Waals surface area contributed by atoms with Crippen LogP contribution in [0.1, 0.15) is 12.5 Å². The smallest absolute Gasteiger partial charge is 0.343 e. The molecule has 0 saturated heterocycles. The summed E-state index contributed by atoms with van der Waals surface area (Å²) in [4.78, 5) is 10.9. The molecule has 0 aliphatic carbocycles. The van der Waals surface area contributed by atoms with Crippen molar-refractivity contribution in [3.05, 3.63) is 23.8 Å². The van der Waals surface area contributed by atoms with E-state index in [2.05, 4.69) is 4.74 Å². The molecule has 0 bridgehead atoms. The molecule has 0 aromatic heterocycles. The fourth-order valence-electron chi connectivity index (χ4n) is 1.20. The second-order valence-electron chi connectivity index (χ2n) is 3.25. The van der Waals surface area contributed by atoms with Gasteiger partial charge in [-0.25, -0.2) is 4.79 Å². The van der Waals surface area contributed by atoms with E-state index in [-0.39, 0.29) is 6.61 Å². The van der Waals surface area contributed by atoms with E-state index in [1.165, 1.54) is 7.11 Å². The van der Waals surface area contributed by atoms with Gasteiger partial charge in [0.15, 0.2) is 18.1 Å². The second-order valence-corrected chi connectivity index (χ2v) is 3.25. The third kappa shape index (κ3) is 3.46. The number of rotatable bonds is 5. The first-order valence-electron chi connectivity index (χ1n) is 5.10. The fraction of sp³-hybridized carbons (Fsp3) is 0.417. The molecule has 0 fully saturated rings. The minimum absolute atomic E-state index is 0.111. The molecule has 0 N–H and O–H groups in total. The molecule has 4 nitrogen and oxygen atoms in total. The monoisotopic (exact) mass is 224 g/mol. The topological polar surface area (TPSA) is 44.8 Å². The van der Waals surface area contributed by atoms with Crippen molar-refractivity contribution in [1.29, 1.82) is 0 Å². The van der Waals surface area contributed by atoms with Crippen molar-refractivity contribution in [2.24, 2.45) is 0 Å². The largest absolute Gasteiger partial charge is 0.490 e. The molecular formula is C12H16O4. The Labute approximate surface area is 95.1 Å². The normalized spacial score (nSPS) is 9.69. The van der Waals surface area contributed by atoms with Crippen LogP contribution in [-0.2, 0) is 9.53 Å². The van der Waals surface area contributed by atoms with Crippen molar-refractivity contribution in [1.82, 2.24) is 0 Å². The molecule has 0 unspecified atom stereocenters. The van der Waals surface area contributed by atoms with E-state index in [1.54, 1.807) is 6.07 Å². The van der Waals surface area contributed by atoms with Gasteiger partial charge in [0.05, 0.1) is 13.7 Å². The van der Waals surface area contributed by atoms with E-state index in [0.29, 0.717) is 18.1 Å². The fourth-order valence-corrected chi connectivity index (χ4v) is 1.20. The van der Waals surface area contributed by atoms with Crippen LogP contribution in [0.25, 0.3) is 0 Å². The SMILES string of the molecule is CCOc1cc(C)ccc1OCC(=O)OC. The highest BCUT2D eigenvalue weighted by atomic mass is 16.6. The summed E-state index contributed by atoms with van der Waals surface area (Å²) < 4.78 is 15.2. The van der Waals surface area contributed by atoms with E-state index in [0.717, 1.165) is 5.56 Å². The lowest BCUT2D eigenvalue weighted by molar-refractivity contribution is -0.142. The molecular weight excluding hydrogens is 208 g/mol. The standard InChI is InChI=1S/C12H16O4/c1-4-15-11-7-9(2)5-6-10(11)16-8-12(13)14-3/h5-7H,4,8H2,1-3H3.